The van der Waals surface area contributed by atoms with Crippen molar-refractivity contribution in [3.63, 3.8) is 0 Å². The third-order valence-corrected chi connectivity index (χ3v) is 2.56. The van der Waals surface area contributed by atoms with Gasteiger partial charge < -0.3 is 10.6 Å². The number of hydrogen-bond donors (Lipinski definition) is 2. The van der Waals surface area contributed by atoms with Crippen LogP contribution in [-0.4, -0.2) is 24.1 Å². The lowest BCUT2D eigenvalue weighted by Gasteiger charge is -2.06. The van der Waals surface area contributed by atoms with Crippen LogP contribution in [0.25, 0.3) is 0 Å². The summed E-state index contributed by atoms with van der Waals surface area (Å²) < 4.78 is 0. The predicted molar refractivity (Wildman–Crippen MR) is 63.1 cm³/mol. The van der Waals surface area contributed by atoms with Crippen molar-refractivity contribution in [1.29, 1.82) is 5.26 Å². The molecule has 1 heterocycles. The van der Waals surface area contributed by atoms with Crippen molar-refractivity contribution in [2.45, 2.75) is 25.3 Å². The minimum Gasteiger partial charge on any atom is -0.370 e. The summed E-state index contributed by atoms with van der Waals surface area (Å²) in [5.41, 5.74) is 0.647. The van der Waals surface area contributed by atoms with E-state index in [1.165, 1.54) is 12.8 Å². The Morgan fingerprint density at radius 2 is 2.31 bits per heavy atom. The molecular formula is C12H16N4. The smallest absolute Gasteiger partial charge is 0.127 e. The van der Waals surface area contributed by atoms with Crippen LogP contribution in [0.5, 0.6) is 0 Å². The van der Waals surface area contributed by atoms with Crippen molar-refractivity contribution in [1.82, 2.24) is 10.3 Å². The first-order chi connectivity index (χ1) is 7.88. The van der Waals surface area contributed by atoms with E-state index in [0.29, 0.717) is 5.56 Å². The van der Waals surface area contributed by atoms with E-state index in [9.17, 15) is 0 Å². The molecule has 0 spiro atoms. The summed E-state index contributed by atoms with van der Waals surface area (Å²) in [6, 6.07) is 6.36. The number of rotatable bonds is 6. The molecule has 2 N–H and O–H groups in total. The van der Waals surface area contributed by atoms with Crippen LogP contribution in [0.3, 0.4) is 0 Å². The number of nitrogens with one attached hydrogen (secondary N) is 2. The summed E-state index contributed by atoms with van der Waals surface area (Å²) in [6.45, 7) is 1.94. The van der Waals surface area contributed by atoms with Gasteiger partial charge in [-0.3, -0.25) is 0 Å². The molecule has 4 heteroatoms. The minimum absolute atomic E-state index is 0.647. The summed E-state index contributed by atoms with van der Waals surface area (Å²) >= 11 is 0. The van der Waals surface area contributed by atoms with Crippen LogP contribution < -0.4 is 10.6 Å². The fourth-order valence-corrected chi connectivity index (χ4v) is 1.50. The number of pyridine rings is 1. The Morgan fingerprint density at radius 1 is 1.44 bits per heavy atom. The zero-order chi connectivity index (χ0) is 11.2. The molecule has 2 rings (SSSR count). The van der Waals surface area contributed by atoms with Gasteiger partial charge in [0.25, 0.3) is 0 Å². The molecule has 1 saturated carbocycles. The Balaban J connectivity index is 1.65. The highest BCUT2D eigenvalue weighted by Crippen LogP contribution is 2.18. The molecule has 0 amide bonds. The molecule has 0 bridgehead atoms. The van der Waals surface area contributed by atoms with Gasteiger partial charge in [0.05, 0.1) is 11.6 Å². The minimum atomic E-state index is 0.647. The van der Waals surface area contributed by atoms with Gasteiger partial charge in [0.2, 0.25) is 0 Å². The van der Waals surface area contributed by atoms with Gasteiger partial charge in [-0.25, -0.2) is 4.98 Å². The summed E-state index contributed by atoms with van der Waals surface area (Å²) in [4.78, 5) is 4.15. The fraction of sp³-hybridized carbons (Fsp3) is 0.500. The summed E-state index contributed by atoms with van der Waals surface area (Å²) in [5.74, 6) is 0.783. The van der Waals surface area contributed by atoms with Gasteiger partial charge in [-0.1, -0.05) is 0 Å². The normalized spacial score (nSPS) is 14.4. The number of nitrogens with zero attached hydrogens (tertiary/aromatic N) is 2. The predicted octanol–water partition coefficient (Wildman–Crippen LogP) is 1.51. The van der Waals surface area contributed by atoms with E-state index >= 15 is 0 Å². The SMILES string of the molecule is N#Cc1ccnc(NCCCNC2CC2)c1. The highest BCUT2D eigenvalue weighted by atomic mass is 15.0. The molecule has 1 aromatic heterocycles. The average Bonchev–Trinajstić information content (AvgIpc) is 3.13. The van der Waals surface area contributed by atoms with Crippen molar-refractivity contribution in [3.8, 4) is 6.07 Å². The molecule has 1 fully saturated rings. The van der Waals surface area contributed by atoms with Crippen LogP contribution in [-0.2, 0) is 0 Å². The lowest BCUT2D eigenvalue weighted by Crippen LogP contribution is -2.20. The third-order valence-electron chi connectivity index (χ3n) is 2.56. The monoisotopic (exact) mass is 216 g/mol. The van der Waals surface area contributed by atoms with Gasteiger partial charge in [-0.05, 0) is 37.9 Å². The molecule has 0 saturated heterocycles. The Morgan fingerprint density at radius 3 is 3.06 bits per heavy atom. The molecule has 0 unspecified atom stereocenters. The second kappa shape index (κ2) is 5.47. The van der Waals surface area contributed by atoms with Gasteiger partial charge in [0, 0.05) is 18.8 Å². The van der Waals surface area contributed by atoms with Gasteiger partial charge in [-0.2, -0.15) is 5.26 Å². The van der Waals surface area contributed by atoms with Gasteiger partial charge in [-0.15, -0.1) is 0 Å². The number of nitriles is 1. The van der Waals surface area contributed by atoms with Crippen molar-refractivity contribution in [2.24, 2.45) is 0 Å². The molecular weight excluding hydrogens is 200 g/mol. The second-order valence-corrected chi connectivity index (χ2v) is 4.05. The van der Waals surface area contributed by atoms with E-state index in [-0.39, 0.29) is 0 Å². The van der Waals surface area contributed by atoms with E-state index in [2.05, 4.69) is 21.7 Å². The van der Waals surface area contributed by atoms with Crippen LogP contribution in [0.2, 0.25) is 0 Å². The molecule has 1 aromatic rings. The molecule has 4 nitrogen and oxygen atoms in total. The van der Waals surface area contributed by atoms with E-state index < -0.39 is 0 Å². The molecule has 1 aliphatic carbocycles. The zero-order valence-corrected chi connectivity index (χ0v) is 9.24. The Labute approximate surface area is 95.7 Å². The lowest BCUT2D eigenvalue weighted by molar-refractivity contribution is 0.658. The maximum atomic E-state index is 8.72. The van der Waals surface area contributed by atoms with E-state index in [4.69, 9.17) is 5.26 Å². The highest BCUT2D eigenvalue weighted by molar-refractivity contribution is 5.42. The van der Waals surface area contributed by atoms with Crippen LogP contribution in [0.15, 0.2) is 18.3 Å². The van der Waals surface area contributed by atoms with Crippen molar-refractivity contribution in [2.75, 3.05) is 18.4 Å². The number of hydrogen-bond acceptors (Lipinski definition) is 4. The zero-order valence-electron chi connectivity index (χ0n) is 9.24. The molecule has 0 aliphatic heterocycles. The molecule has 16 heavy (non-hydrogen) atoms. The van der Waals surface area contributed by atoms with Crippen molar-refractivity contribution in [3.05, 3.63) is 23.9 Å². The average molecular weight is 216 g/mol. The van der Waals surface area contributed by atoms with Crippen LogP contribution in [0.1, 0.15) is 24.8 Å². The van der Waals surface area contributed by atoms with Crippen LogP contribution in [0.4, 0.5) is 5.82 Å². The van der Waals surface area contributed by atoms with Gasteiger partial charge in [0.15, 0.2) is 0 Å². The van der Waals surface area contributed by atoms with Gasteiger partial charge >= 0.3 is 0 Å². The molecule has 1 aliphatic rings. The van der Waals surface area contributed by atoms with Crippen molar-refractivity contribution < 1.29 is 0 Å². The molecule has 0 aromatic carbocycles. The standard InChI is InChI=1S/C12H16N4/c13-9-10-4-7-16-12(8-10)15-6-1-5-14-11-2-3-11/h4,7-8,11,14H,1-3,5-6H2,(H,15,16). The summed E-state index contributed by atoms with van der Waals surface area (Å²) in [7, 11) is 0. The Bertz CT molecular complexity index is 379. The first-order valence-corrected chi connectivity index (χ1v) is 5.72. The maximum absolute atomic E-state index is 8.72. The topological polar surface area (TPSA) is 60.7 Å². The number of anilines is 1. The third kappa shape index (κ3) is 3.52. The fourth-order valence-electron chi connectivity index (χ4n) is 1.50. The lowest BCUT2D eigenvalue weighted by atomic mass is 10.3. The Kier molecular flexibility index (Phi) is 3.73. The van der Waals surface area contributed by atoms with Gasteiger partial charge in [0.1, 0.15) is 5.82 Å². The molecule has 84 valence electrons. The van der Waals surface area contributed by atoms with E-state index in [1.807, 2.05) is 0 Å². The Hall–Kier alpha value is -1.60. The van der Waals surface area contributed by atoms with E-state index in [1.54, 1.807) is 18.3 Å². The van der Waals surface area contributed by atoms with Crippen LogP contribution >= 0.6 is 0 Å². The largest absolute Gasteiger partial charge is 0.370 e. The summed E-state index contributed by atoms with van der Waals surface area (Å²) in [5, 5.41) is 15.4. The second-order valence-electron chi connectivity index (χ2n) is 4.05. The van der Waals surface area contributed by atoms with E-state index in [0.717, 1.165) is 31.4 Å². The first kappa shape index (κ1) is 10.9. The highest BCUT2D eigenvalue weighted by Gasteiger charge is 2.19. The van der Waals surface area contributed by atoms with Crippen molar-refractivity contribution >= 4 is 5.82 Å². The number of aromatic nitrogens is 1. The molecule has 0 atom stereocenters. The summed E-state index contributed by atoms with van der Waals surface area (Å²) in [6.07, 6.45) is 5.40. The van der Waals surface area contributed by atoms with Crippen LogP contribution in [0, 0.1) is 11.3 Å². The first-order valence-electron chi connectivity index (χ1n) is 5.72. The maximum Gasteiger partial charge on any atom is 0.127 e. The molecule has 0 radical (unpaired) electrons. The quantitative estimate of drug-likeness (QED) is 0.708.